The highest BCUT2D eigenvalue weighted by Crippen LogP contribution is 2.27. The molecule has 1 aromatic rings. The number of nitrogens with zero attached hydrogens (tertiary/aromatic N) is 1. The van der Waals surface area contributed by atoms with Crippen LogP contribution in [0.15, 0.2) is 12.4 Å². The van der Waals surface area contributed by atoms with Gasteiger partial charge in [0.15, 0.2) is 0 Å². The Morgan fingerprint density at radius 2 is 2.50 bits per heavy atom. The van der Waals surface area contributed by atoms with Crippen LogP contribution < -0.4 is 5.32 Å². The summed E-state index contributed by atoms with van der Waals surface area (Å²) in [5, 5.41) is 3.55. The maximum Gasteiger partial charge on any atom is 0.120 e. The molecule has 78 valence electrons. The van der Waals surface area contributed by atoms with Gasteiger partial charge in [-0.3, -0.25) is 0 Å². The molecular weight excluding hydrogens is 174 g/mol. The first-order valence-electron chi connectivity index (χ1n) is 5.60. The van der Waals surface area contributed by atoms with E-state index in [1.54, 1.807) is 6.20 Å². The lowest BCUT2D eigenvalue weighted by Crippen LogP contribution is -2.26. The molecule has 2 N–H and O–H groups in total. The van der Waals surface area contributed by atoms with E-state index in [4.69, 9.17) is 0 Å². The quantitative estimate of drug-likeness (QED) is 0.768. The Labute approximate surface area is 85.3 Å². The van der Waals surface area contributed by atoms with Crippen LogP contribution >= 0.6 is 0 Å². The molecule has 0 aliphatic heterocycles. The predicted molar refractivity (Wildman–Crippen MR) is 56.8 cm³/mol. The van der Waals surface area contributed by atoms with Crippen molar-refractivity contribution in [2.75, 3.05) is 0 Å². The minimum absolute atomic E-state index is 0.713. The lowest BCUT2D eigenvalue weighted by molar-refractivity contribution is 0.472. The summed E-state index contributed by atoms with van der Waals surface area (Å²) in [5.74, 6) is 1.99. The van der Waals surface area contributed by atoms with Gasteiger partial charge < -0.3 is 10.3 Å². The Morgan fingerprint density at radius 1 is 1.57 bits per heavy atom. The fourth-order valence-corrected chi connectivity index (χ4v) is 2.27. The van der Waals surface area contributed by atoms with Crippen molar-refractivity contribution in [3.63, 3.8) is 0 Å². The van der Waals surface area contributed by atoms with Gasteiger partial charge in [-0.15, -0.1) is 0 Å². The van der Waals surface area contributed by atoms with Gasteiger partial charge in [-0.1, -0.05) is 13.3 Å². The van der Waals surface area contributed by atoms with Gasteiger partial charge in [0.25, 0.3) is 0 Å². The number of H-pyrrole nitrogens is 1. The van der Waals surface area contributed by atoms with E-state index in [1.165, 1.54) is 25.7 Å². The van der Waals surface area contributed by atoms with Gasteiger partial charge >= 0.3 is 0 Å². The molecule has 2 unspecified atom stereocenters. The van der Waals surface area contributed by atoms with Gasteiger partial charge in [0.1, 0.15) is 5.82 Å². The molecule has 1 aromatic heterocycles. The van der Waals surface area contributed by atoms with Gasteiger partial charge in [-0.2, -0.15) is 0 Å². The molecule has 1 fully saturated rings. The number of aromatic nitrogens is 2. The van der Waals surface area contributed by atoms with Crippen LogP contribution in [0.3, 0.4) is 0 Å². The molecule has 0 saturated heterocycles. The van der Waals surface area contributed by atoms with Crippen LogP contribution in [0, 0.1) is 5.92 Å². The van der Waals surface area contributed by atoms with Gasteiger partial charge in [-0.05, 0) is 25.2 Å². The fourth-order valence-electron chi connectivity index (χ4n) is 2.27. The van der Waals surface area contributed by atoms with E-state index in [0.717, 1.165) is 18.3 Å². The first kappa shape index (κ1) is 9.71. The first-order chi connectivity index (χ1) is 6.88. The molecule has 2 atom stereocenters. The number of hydrogen-bond acceptors (Lipinski definition) is 2. The largest absolute Gasteiger partial charge is 0.348 e. The maximum absolute atomic E-state index is 4.20. The fraction of sp³-hybridized carbons (Fsp3) is 0.727. The van der Waals surface area contributed by atoms with Crippen LogP contribution in [0.25, 0.3) is 0 Å². The Bertz CT molecular complexity index is 256. The topological polar surface area (TPSA) is 40.7 Å². The molecule has 3 nitrogen and oxygen atoms in total. The van der Waals surface area contributed by atoms with E-state index in [1.807, 2.05) is 6.20 Å². The molecule has 3 heteroatoms. The zero-order valence-corrected chi connectivity index (χ0v) is 8.79. The highest BCUT2D eigenvalue weighted by Gasteiger charge is 2.22. The van der Waals surface area contributed by atoms with Gasteiger partial charge in [0, 0.05) is 18.4 Å². The van der Waals surface area contributed by atoms with Gasteiger partial charge in [0.05, 0.1) is 6.54 Å². The number of rotatable bonds is 4. The molecule has 1 saturated carbocycles. The lowest BCUT2D eigenvalue weighted by Gasteiger charge is -2.11. The highest BCUT2D eigenvalue weighted by molar-refractivity contribution is 4.88. The van der Waals surface area contributed by atoms with Crippen LogP contribution in [0.4, 0.5) is 0 Å². The summed E-state index contributed by atoms with van der Waals surface area (Å²) in [6.45, 7) is 3.17. The van der Waals surface area contributed by atoms with Crippen LogP contribution in [-0.2, 0) is 6.54 Å². The third kappa shape index (κ3) is 2.35. The third-order valence-electron chi connectivity index (χ3n) is 3.23. The summed E-state index contributed by atoms with van der Waals surface area (Å²) in [6.07, 6.45) is 9.09. The standard InChI is InChI=1S/C11H19N3/c1-2-9-3-4-10(7-9)14-8-11-12-5-6-13-11/h5-6,9-10,14H,2-4,7-8H2,1H3,(H,12,13). The second-order valence-corrected chi connectivity index (χ2v) is 4.20. The zero-order valence-electron chi connectivity index (χ0n) is 8.79. The highest BCUT2D eigenvalue weighted by atomic mass is 15.0. The number of aromatic amines is 1. The van der Waals surface area contributed by atoms with Crippen molar-refractivity contribution in [2.45, 2.75) is 45.2 Å². The molecule has 0 aromatic carbocycles. The smallest absolute Gasteiger partial charge is 0.120 e. The van der Waals surface area contributed by atoms with E-state index < -0.39 is 0 Å². The number of nitrogens with one attached hydrogen (secondary N) is 2. The predicted octanol–water partition coefficient (Wildman–Crippen LogP) is 2.08. The minimum atomic E-state index is 0.713. The first-order valence-corrected chi connectivity index (χ1v) is 5.60. The molecular formula is C11H19N3. The summed E-state index contributed by atoms with van der Waals surface area (Å²) in [7, 11) is 0. The summed E-state index contributed by atoms with van der Waals surface area (Å²) in [6, 6.07) is 0.713. The summed E-state index contributed by atoms with van der Waals surface area (Å²) in [5.41, 5.74) is 0. The van der Waals surface area contributed by atoms with E-state index in [2.05, 4.69) is 22.2 Å². The second-order valence-electron chi connectivity index (χ2n) is 4.20. The molecule has 0 bridgehead atoms. The molecule has 0 amide bonds. The molecule has 1 heterocycles. The van der Waals surface area contributed by atoms with Crippen molar-refractivity contribution in [1.29, 1.82) is 0 Å². The zero-order chi connectivity index (χ0) is 9.80. The maximum atomic E-state index is 4.20. The second kappa shape index (κ2) is 4.60. The third-order valence-corrected chi connectivity index (χ3v) is 3.23. The van der Waals surface area contributed by atoms with E-state index >= 15 is 0 Å². The minimum Gasteiger partial charge on any atom is -0.348 e. The summed E-state index contributed by atoms with van der Waals surface area (Å²) < 4.78 is 0. The SMILES string of the molecule is CCC1CCC(NCc2ncc[nH]2)C1. The molecule has 2 rings (SSSR count). The Kier molecular flexibility index (Phi) is 3.19. The Hall–Kier alpha value is -0.830. The van der Waals surface area contributed by atoms with Gasteiger partial charge in [-0.25, -0.2) is 4.98 Å². The average molecular weight is 193 g/mol. The Morgan fingerprint density at radius 3 is 3.14 bits per heavy atom. The van der Waals surface area contributed by atoms with Crippen molar-refractivity contribution in [3.8, 4) is 0 Å². The normalized spacial score (nSPS) is 26.9. The van der Waals surface area contributed by atoms with Crippen molar-refractivity contribution < 1.29 is 0 Å². The van der Waals surface area contributed by atoms with E-state index in [0.29, 0.717) is 6.04 Å². The van der Waals surface area contributed by atoms with Crippen LogP contribution in [0.5, 0.6) is 0 Å². The average Bonchev–Trinajstić information content (AvgIpc) is 2.86. The summed E-state index contributed by atoms with van der Waals surface area (Å²) >= 11 is 0. The molecule has 1 aliphatic rings. The Balaban J connectivity index is 1.72. The molecule has 14 heavy (non-hydrogen) atoms. The number of hydrogen-bond donors (Lipinski definition) is 2. The molecule has 0 spiro atoms. The van der Waals surface area contributed by atoms with E-state index in [-0.39, 0.29) is 0 Å². The van der Waals surface area contributed by atoms with Crippen LogP contribution in [-0.4, -0.2) is 16.0 Å². The number of imidazole rings is 1. The van der Waals surface area contributed by atoms with Crippen LogP contribution in [0.1, 0.15) is 38.4 Å². The van der Waals surface area contributed by atoms with Crippen molar-refractivity contribution in [1.82, 2.24) is 15.3 Å². The van der Waals surface area contributed by atoms with Crippen molar-refractivity contribution in [2.24, 2.45) is 5.92 Å². The van der Waals surface area contributed by atoms with E-state index in [9.17, 15) is 0 Å². The van der Waals surface area contributed by atoms with Crippen molar-refractivity contribution in [3.05, 3.63) is 18.2 Å². The van der Waals surface area contributed by atoms with Crippen LogP contribution in [0.2, 0.25) is 0 Å². The molecule has 1 aliphatic carbocycles. The van der Waals surface area contributed by atoms with Gasteiger partial charge in [0.2, 0.25) is 0 Å². The summed E-state index contributed by atoms with van der Waals surface area (Å²) in [4.78, 5) is 7.31. The lowest BCUT2D eigenvalue weighted by atomic mass is 10.1. The molecule has 0 radical (unpaired) electrons. The van der Waals surface area contributed by atoms with Crippen molar-refractivity contribution >= 4 is 0 Å². The monoisotopic (exact) mass is 193 g/mol.